The molecule has 1 unspecified atom stereocenters. The fraction of sp³-hybridized carbons (Fsp3) is 0.421. The molecule has 10 heteroatoms. The first-order valence-electron chi connectivity index (χ1n) is 9.08. The highest BCUT2D eigenvalue weighted by Crippen LogP contribution is 2.32. The van der Waals surface area contributed by atoms with Crippen molar-refractivity contribution in [3.63, 3.8) is 0 Å². The molecule has 2 amide bonds. The number of nitrogens with zero attached hydrogens (tertiary/aromatic N) is 1. The molecule has 0 radical (unpaired) electrons. The Morgan fingerprint density at radius 2 is 2.10 bits per heavy atom. The number of ether oxygens (including phenoxy) is 1. The molecule has 1 saturated carbocycles. The molecule has 1 aromatic rings. The number of rotatable bonds is 7. The summed E-state index contributed by atoms with van der Waals surface area (Å²) in [6.45, 7) is 1.63. The maximum absolute atomic E-state index is 12.9. The van der Waals surface area contributed by atoms with Gasteiger partial charge in [-0.15, -0.1) is 13.2 Å². The van der Waals surface area contributed by atoms with E-state index in [9.17, 15) is 22.8 Å². The molecule has 0 aromatic heterocycles. The maximum atomic E-state index is 12.9. The Morgan fingerprint density at radius 3 is 2.76 bits per heavy atom. The number of benzene rings is 1. The van der Waals surface area contributed by atoms with Crippen molar-refractivity contribution in [3.8, 4) is 5.75 Å². The number of hydrogen-bond donors (Lipinski definition) is 3. The minimum absolute atomic E-state index is 0.0631. The first-order valence-corrected chi connectivity index (χ1v) is 9.08. The third-order valence-corrected chi connectivity index (χ3v) is 4.38. The van der Waals surface area contributed by atoms with Crippen molar-refractivity contribution in [2.75, 3.05) is 0 Å². The van der Waals surface area contributed by atoms with Crippen LogP contribution in [0.15, 0.2) is 41.2 Å². The highest BCUT2D eigenvalue weighted by molar-refractivity contribution is 6.06. The quantitative estimate of drug-likeness (QED) is 0.644. The average Bonchev–Trinajstić information content (AvgIpc) is 3.42. The van der Waals surface area contributed by atoms with E-state index in [4.69, 9.17) is 0 Å². The highest BCUT2D eigenvalue weighted by Gasteiger charge is 2.40. The van der Waals surface area contributed by atoms with Gasteiger partial charge in [0.2, 0.25) is 11.6 Å². The summed E-state index contributed by atoms with van der Waals surface area (Å²) in [5.74, 6) is -0.909. The predicted octanol–water partition coefficient (Wildman–Crippen LogP) is 2.35. The molecule has 1 aliphatic carbocycles. The topological polar surface area (TPSA) is 91.8 Å². The lowest BCUT2D eigenvalue weighted by Gasteiger charge is -2.33. The Hall–Kier alpha value is -3.04. The number of nitrogens with one attached hydrogen (secondary N) is 3. The molecule has 3 N–H and O–H groups in total. The van der Waals surface area contributed by atoms with Crippen LogP contribution in [0.1, 0.15) is 31.7 Å². The van der Waals surface area contributed by atoms with Gasteiger partial charge >= 0.3 is 6.36 Å². The molecule has 1 aromatic carbocycles. The first kappa shape index (κ1) is 20.7. The number of allylic oxidation sites excluding steroid dienone is 1. The first-order chi connectivity index (χ1) is 13.7. The van der Waals surface area contributed by atoms with Crippen molar-refractivity contribution in [2.45, 2.75) is 44.8 Å². The Kier molecular flexibility index (Phi) is 5.81. The molecule has 29 heavy (non-hydrogen) atoms. The monoisotopic (exact) mass is 410 g/mol. The summed E-state index contributed by atoms with van der Waals surface area (Å²) in [5.41, 5.74) is -0.584. The molecule has 156 valence electrons. The smallest absolute Gasteiger partial charge is 0.406 e. The normalized spacial score (nSPS) is 21.0. The standard InChI is InChI=1S/C19H21F3N4O3/c1-12-9-23-11-18(25-12,26-16(27)8-13-5-6-13)17(28)24-10-14-3-2-4-15(7-14)29-19(20,21)22/h2-4,7,9,11,13,25H,5-6,8,10H2,1H3,(H,24,28)(H,26,27). The van der Waals surface area contributed by atoms with Crippen LogP contribution in [0.25, 0.3) is 0 Å². The van der Waals surface area contributed by atoms with Gasteiger partial charge in [0.15, 0.2) is 0 Å². The Morgan fingerprint density at radius 1 is 1.34 bits per heavy atom. The summed E-state index contributed by atoms with van der Waals surface area (Å²) in [7, 11) is 0. The van der Waals surface area contributed by atoms with Crippen molar-refractivity contribution in [1.82, 2.24) is 16.0 Å². The van der Waals surface area contributed by atoms with E-state index in [1.807, 2.05) is 0 Å². The number of alkyl halides is 3. The molecule has 7 nitrogen and oxygen atoms in total. The van der Waals surface area contributed by atoms with Gasteiger partial charge in [0.1, 0.15) is 5.75 Å². The molecule has 2 aliphatic rings. The third-order valence-electron chi connectivity index (χ3n) is 4.38. The average molecular weight is 410 g/mol. The Bertz CT molecular complexity index is 849. The molecule has 3 rings (SSSR count). The fourth-order valence-electron chi connectivity index (χ4n) is 2.90. The summed E-state index contributed by atoms with van der Waals surface area (Å²) in [6, 6.07) is 5.29. The van der Waals surface area contributed by atoms with Crippen LogP contribution in [0, 0.1) is 5.92 Å². The van der Waals surface area contributed by atoms with Gasteiger partial charge in [0, 0.05) is 24.9 Å². The largest absolute Gasteiger partial charge is 0.573 e. The zero-order valence-corrected chi connectivity index (χ0v) is 15.7. The maximum Gasteiger partial charge on any atom is 0.573 e. The van der Waals surface area contributed by atoms with E-state index in [0.29, 0.717) is 23.6 Å². The third kappa shape index (κ3) is 5.97. The number of halogens is 3. The van der Waals surface area contributed by atoms with E-state index < -0.39 is 17.9 Å². The van der Waals surface area contributed by atoms with Crippen molar-refractivity contribution in [1.29, 1.82) is 0 Å². The summed E-state index contributed by atoms with van der Waals surface area (Å²) >= 11 is 0. The second-order valence-electron chi connectivity index (χ2n) is 7.10. The van der Waals surface area contributed by atoms with E-state index >= 15 is 0 Å². The lowest BCUT2D eigenvalue weighted by atomic mass is 10.1. The van der Waals surface area contributed by atoms with Crippen molar-refractivity contribution >= 4 is 18.0 Å². The van der Waals surface area contributed by atoms with Gasteiger partial charge in [-0.1, -0.05) is 12.1 Å². The van der Waals surface area contributed by atoms with Crippen LogP contribution < -0.4 is 20.7 Å². The van der Waals surface area contributed by atoms with Gasteiger partial charge in [-0.2, -0.15) is 0 Å². The summed E-state index contributed by atoms with van der Waals surface area (Å²) < 4.78 is 41.0. The number of amides is 2. The van der Waals surface area contributed by atoms with Crippen LogP contribution in [-0.2, 0) is 16.1 Å². The molecule has 1 fully saturated rings. The van der Waals surface area contributed by atoms with Crippen LogP contribution in [0.2, 0.25) is 0 Å². The van der Waals surface area contributed by atoms with Gasteiger partial charge in [-0.05, 0) is 43.4 Å². The molecule has 1 heterocycles. The van der Waals surface area contributed by atoms with E-state index in [0.717, 1.165) is 12.8 Å². The Labute approximate surface area is 165 Å². The van der Waals surface area contributed by atoms with Crippen LogP contribution >= 0.6 is 0 Å². The molecular formula is C19H21F3N4O3. The predicted molar refractivity (Wildman–Crippen MR) is 98.6 cm³/mol. The number of aliphatic imine (C=N–C) groups is 1. The molecule has 0 spiro atoms. The van der Waals surface area contributed by atoms with Crippen LogP contribution in [-0.4, -0.2) is 30.1 Å². The van der Waals surface area contributed by atoms with Crippen molar-refractivity contribution in [3.05, 3.63) is 41.7 Å². The Balaban J connectivity index is 1.67. The summed E-state index contributed by atoms with van der Waals surface area (Å²) in [6.07, 6.45) is 0.306. The summed E-state index contributed by atoms with van der Waals surface area (Å²) in [5, 5.41) is 8.24. The van der Waals surface area contributed by atoms with E-state index in [1.54, 1.807) is 13.0 Å². The van der Waals surface area contributed by atoms with Gasteiger partial charge in [0.25, 0.3) is 5.91 Å². The van der Waals surface area contributed by atoms with Gasteiger partial charge < -0.3 is 20.7 Å². The van der Waals surface area contributed by atoms with Gasteiger partial charge in [0.05, 0.1) is 6.21 Å². The second-order valence-corrected chi connectivity index (χ2v) is 7.10. The number of carbonyl (C=O) groups is 2. The van der Waals surface area contributed by atoms with Crippen molar-refractivity contribution in [2.24, 2.45) is 10.9 Å². The fourth-order valence-corrected chi connectivity index (χ4v) is 2.90. The summed E-state index contributed by atoms with van der Waals surface area (Å²) in [4.78, 5) is 29.2. The van der Waals surface area contributed by atoms with E-state index in [-0.39, 0.29) is 18.2 Å². The van der Waals surface area contributed by atoms with Gasteiger partial charge in [-0.3, -0.25) is 14.6 Å². The second kappa shape index (κ2) is 8.14. The molecular weight excluding hydrogens is 389 g/mol. The highest BCUT2D eigenvalue weighted by atomic mass is 19.4. The van der Waals surface area contributed by atoms with Crippen LogP contribution in [0.4, 0.5) is 13.2 Å². The lowest BCUT2D eigenvalue weighted by molar-refractivity contribution is -0.274. The van der Waals surface area contributed by atoms with E-state index in [2.05, 4.69) is 25.7 Å². The van der Waals surface area contributed by atoms with Crippen molar-refractivity contribution < 1.29 is 27.5 Å². The number of carbonyl (C=O) groups excluding carboxylic acids is 2. The molecule has 1 aliphatic heterocycles. The van der Waals surface area contributed by atoms with E-state index in [1.165, 1.54) is 30.6 Å². The number of hydrogen-bond acceptors (Lipinski definition) is 5. The molecule has 0 bridgehead atoms. The molecule has 1 atom stereocenters. The minimum Gasteiger partial charge on any atom is -0.406 e. The molecule has 0 saturated heterocycles. The van der Waals surface area contributed by atoms with Gasteiger partial charge in [-0.25, -0.2) is 0 Å². The minimum atomic E-state index is -4.80. The van der Waals surface area contributed by atoms with Crippen LogP contribution in [0.3, 0.4) is 0 Å². The lowest BCUT2D eigenvalue weighted by Crippen LogP contribution is -2.68. The van der Waals surface area contributed by atoms with Crippen LogP contribution in [0.5, 0.6) is 5.75 Å². The zero-order chi connectivity index (χ0) is 21.1. The zero-order valence-electron chi connectivity index (χ0n) is 15.7. The SMILES string of the molecule is CC1=CN=CC(NC(=O)CC2CC2)(C(=O)NCc2cccc(OC(F)(F)F)c2)N1.